The number of hydrogen-bond donors (Lipinski definition) is 0. The maximum Gasteiger partial charge on any atom is 0.416 e. The van der Waals surface area contributed by atoms with Gasteiger partial charge in [-0.1, -0.05) is 36.4 Å². The maximum absolute atomic E-state index is 13.1. The fourth-order valence-corrected chi connectivity index (χ4v) is 4.78. The van der Waals surface area contributed by atoms with Gasteiger partial charge in [-0.05, 0) is 71.1 Å². The van der Waals surface area contributed by atoms with Crippen molar-refractivity contribution in [3.8, 4) is 16.9 Å². The Morgan fingerprint density at radius 1 is 0.946 bits per heavy atom. The Kier molecular flexibility index (Phi) is 6.89. The number of rotatable bonds is 6. The van der Waals surface area contributed by atoms with Gasteiger partial charge in [0.05, 0.1) is 11.1 Å². The molecule has 0 spiro atoms. The van der Waals surface area contributed by atoms with Gasteiger partial charge in [-0.15, -0.1) is 0 Å². The number of halogens is 3. The molecule has 0 saturated heterocycles. The lowest BCUT2D eigenvalue weighted by Crippen LogP contribution is -2.32. The molecular formula is C30H27F3N2O2. The number of nitrogens with zero attached hydrogens (tertiary/aromatic N) is 2. The molecule has 0 unspecified atom stereocenters. The molecule has 0 N–H and O–H groups in total. The quantitative estimate of drug-likeness (QED) is 0.221. The van der Waals surface area contributed by atoms with Crippen molar-refractivity contribution in [2.24, 2.45) is 7.05 Å². The van der Waals surface area contributed by atoms with E-state index < -0.39 is 17.7 Å². The van der Waals surface area contributed by atoms with E-state index in [1.807, 2.05) is 12.1 Å². The Labute approximate surface area is 213 Å². The molecule has 190 valence electrons. The summed E-state index contributed by atoms with van der Waals surface area (Å²) in [4.78, 5) is 15.5. The van der Waals surface area contributed by atoms with Crippen molar-refractivity contribution in [2.45, 2.75) is 25.6 Å². The Morgan fingerprint density at radius 2 is 1.73 bits per heavy atom. The van der Waals surface area contributed by atoms with Crippen LogP contribution in [0.25, 0.3) is 11.1 Å². The number of aryl methyl sites for hydroxylation is 1. The molecule has 2 heterocycles. The van der Waals surface area contributed by atoms with E-state index in [0.29, 0.717) is 22.4 Å². The van der Waals surface area contributed by atoms with Crippen molar-refractivity contribution in [1.29, 1.82) is 0 Å². The number of carbonyl (C=O) groups excluding carboxylic acids is 1. The van der Waals surface area contributed by atoms with Crippen molar-refractivity contribution < 1.29 is 22.7 Å². The number of alkyl halides is 3. The van der Waals surface area contributed by atoms with Crippen LogP contribution in [0, 0.1) is 0 Å². The van der Waals surface area contributed by atoms with Gasteiger partial charge in [-0.25, -0.2) is 4.79 Å². The standard InChI is InChI=1S/C30H27F3N2O2/c1-34-16-4-5-25(34)15-18-35-17-14-22-19-26(13-10-23(22)20-35)37-29(36)28-7-3-2-6-27(28)21-8-11-24(12-9-21)30(31,32)33/h2-13,16,19H,14-15,17-18,20H2,1H3. The van der Waals surface area contributed by atoms with Gasteiger partial charge in [0.15, 0.2) is 0 Å². The highest BCUT2D eigenvalue weighted by Crippen LogP contribution is 2.32. The molecule has 0 radical (unpaired) electrons. The summed E-state index contributed by atoms with van der Waals surface area (Å²) in [5.74, 6) is -0.0846. The number of carbonyl (C=O) groups is 1. The molecule has 0 saturated carbocycles. The van der Waals surface area contributed by atoms with E-state index >= 15 is 0 Å². The largest absolute Gasteiger partial charge is 0.423 e. The molecule has 1 aromatic heterocycles. The van der Waals surface area contributed by atoms with Gasteiger partial charge in [0.25, 0.3) is 0 Å². The summed E-state index contributed by atoms with van der Waals surface area (Å²) in [5, 5.41) is 0. The van der Waals surface area contributed by atoms with Gasteiger partial charge in [-0.2, -0.15) is 13.2 Å². The smallest absolute Gasteiger partial charge is 0.416 e. The number of benzene rings is 3. The first-order chi connectivity index (χ1) is 17.8. The first kappa shape index (κ1) is 24.8. The molecule has 0 fully saturated rings. The summed E-state index contributed by atoms with van der Waals surface area (Å²) in [6.45, 7) is 2.77. The van der Waals surface area contributed by atoms with Crippen LogP contribution in [0.2, 0.25) is 0 Å². The normalized spacial score (nSPS) is 13.8. The lowest BCUT2D eigenvalue weighted by atomic mass is 9.98. The molecule has 3 aromatic carbocycles. The van der Waals surface area contributed by atoms with Crippen LogP contribution in [0.5, 0.6) is 5.75 Å². The number of fused-ring (bicyclic) bond motifs is 1. The van der Waals surface area contributed by atoms with E-state index in [2.05, 4.69) is 34.8 Å². The van der Waals surface area contributed by atoms with Crippen LogP contribution in [-0.2, 0) is 32.6 Å². The first-order valence-electron chi connectivity index (χ1n) is 12.2. The van der Waals surface area contributed by atoms with Crippen molar-refractivity contribution in [2.75, 3.05) is 13.1 Å². The topological polar surface area (TPSA) is 34.5 Å². The van der Waals surface area contributed by atoms with Gasteiger partial charge >= 0.3 is 12.1 Å². The summed E-state index contributed by atoms with van der Waals surface area (Å²) in [6, 6.07) is 21.5. The third-order valence-corrected chi connectivity index (χ3v) is 6.89. The SMILES string of the molecule is Cn1cccc1CCN1CCc2cc(OC(=O)c3ccccc3-c3ccc(C(F)(F)F)cc3)ccc2C1. The summed E-state index contributed by atoms with van der Waals surface area (Å²) in [6.07, 6.45) is -0.489. The van der Waals surface area contributed by atoms with Gasteiger partial charge in [0, 0.05) is 45.0 Å². The van der Waals surface area contributed by atoms with Crippen molar-refractivity contribution >= 4 is 5.97 Å². The molecule has 1 aliphatic heterocycles. The fraction of sp³-hybridized carbons (Fsp3) is 0.233. The monoisotopic (exact) mass is 504 g/mol. The molecule has 7 heteroatoms. The molecule has 0 bridgehead atoms. The van der Waals surface area contributed by atoms with Crippen molar-refractivity contribution in [1.82, 2.24) is 9.47 Å². The summed E-state index contributed by atoms with van der Waals surface area (Å²) >= 11 is 0. The number of aromatic nitrogens is 1. The summed E-state index contributed by atoms with van der Waals surface area (Å²) in [7, 11) is 2.06. The number of ether oxygens (including phenoxy) is 1. The molecule has 0 atom stereocenters. The molecule has 0 aliphatic carbocycles. The van der Waals surface area contributed by atoms with Crippen LogP contribution in [0.1, 0.15) is 32.7 Å². The van der Waals surface area contributed by atoms with Crippen molar-refractivity contribution in [3.63, 3.8) is 0 Å². The molecule has 37 heavy (non-hydrogen) atoms. The van der Waals surface area contributed by atoms with Gasteiger partial charge in [0.2, 0.25) is 0 Å². The highest BCUT2D eigenvalue weighted by molar-refractivity contribution is 5.98. The average Bonchev–Trinajstić information content (AvgIpc) is 3.31. The maximum atomic E-state index is 13.1. The first-order valence-corrected chi connectivity index (χ1v) is 12.2. The highest BCUT2D eigenvalue weighted by atomic mass is 19.4. The second-order valence-electron chi connectivity index (χ2n) is 9.33. The Bertz CT molecular complexity index is 1410. The Morgan fingerprint density at radius 3 is 2.46 bits per heavy atom. The van der Waals surface area contributed by atoms with Gasteiger partial charge in [-0.3, -0.25) is 4.90 Å². The minimum absolute atomic E-state index is 0.298. The van der Waals surface area contributed by atoms with Gasteiger partial charge < -0.3 is 9.30 Å². The zero-order valence-corrected chi connectivity index (χ0v) is 20.5. The Balaban J connectivity index is 1.27. The van der Waals surface area contributed by atoms with Crippen LogP contribution in [-0.4, -0.2) is 28.5 Å². The Hall–Kier alpha value is -3.84. The average molecular weight is 505 g/mol. The van der Waals surface area contributed by atoms with Crippen LogP contribution in [0.15, 0.2) is 85.1 Å². The number of esters is 1. The minimum atomic E-state index is -4.41. The predicted molar refractivity (Wildman–Crippen MR) is 136 cm³/mol. The van der Waals surface area contributed by atoms with E-state index in [9.17, 15) is 18.0 Å². The predicted octanol–water partition coefficient (Wildman–Crippen LogP) is 6.53. The van der Waals surface area contributed by atoms with Gasteiger partial charge in [0.1, 0.15) is 5.75 Å². The third kappa shape index (κ3) is 5.62. The molecule has 5 rings (SSSR count). The fourth-order valence-electron chi connectivity index (χ4n) is 4.78. The molecule has 4 aromatic rings. The van der Waals surface area contributed by atoms with E-state index in [1.165, 1.54) is 23.4 Å². The van der Waals surface area contributed by atoms with Crippen molar-refractivity contribution in [3.05, 3.63) is 113 Å². The van der Waals surface area contributed by atoms with Crippen LogP contribution in [0.3, 0.4) is 0 Å². The summed E-state index contributed by atoms with van der Waals surface area (Å²) < 4.78 is 46.7. The van der Waals surface area contributed by atoms with E-state index in [1.54, 1.807) is 30.3 Å². The second-order valence-corrected chi connectivity index (χ2v) is 9.33. The van der Waals surface area contributed by atoms with Crippen LogP contribution in [0.4, 0.5) is 13.2 Å². The lowest BCUT2D eigenvalue weighted by molar-refractivity contribution is -0.137. The van der Waals surface area contributed by atoms with Crippen LogP contribution < -0.4 is 4.74 Å². The van der Waals surface area contributed by atoms with E-state index in [0.717, 1.165) is 50.2 Å². The lowest BCUT2D eigenvalue weighted by Gasteiger charge is -2.29. The zero-order valence-electron chi connectivity index (χ0n) is 20.5. The third-order valence-electron chi connectivity index (χ3n) is 6.89. The zero-order chi connectivity index (χ0) is 26.0. The second kappa shape index (κ2) is 10.3. The summed E-state index contributed by atoms with van der Waals surface area (Å²) in [5.41, 5.74) is 4.30. The van der Waals surface area contributed by atoms with Crippen LogP contribution >= 0.6 is 0 Å². The molecule has 4 nitrogen and oxygen atoms in total. The molecule has 1 aliphatic rings. The molecule has 0 amide bonds. The minimum Gasteiger partial charge on any atom is -0.423 e. The van der Waals surface area contributed by atoms with E-state index in [-0.39, 0.29) is 0 Å². The number of hydrogen-bond acceptors (Lipinski definition) is 3. The molecular weight excluding hydrogens is 477 g/mol. The highest BCUT2D eigenvalue weighted by Gasteiger charge is 2.30. The van der Waals surface area contributed by atoms with E-state index in [4.69, 9.17) is 4.74 Å².